The van der Waals surface area contributed by atoms with E-state index in [-0.39, 0.29) is 33.6 Å². The van der Waals surface area contributed by atoms with Gasteiger partial charge in [-0.1, -0.05) is 0 Å². The van der Waals surface area contributed by atoms with Crippen molar-refractivity contribution < 1.29 is 0 Å². The molecule has 2 fully saturated rings. The molecule has 2 saturated carbocycles. The zero-order chi connectivity index (χ0) is 13.4. The summed E-state index contributed by atoms with van der Waals surface area (Å²) in [5, 5.41) is 0.0513. The molecular weight excluding hydrogens is 314 g/mol. The molecule has 0 spiro atoms. The zero-order valence-corrected chi connectivity index (χ0v) is 13.1. The minimum atomic E-state index is -0.0168. The minimum absolute atomic E-state index is 0.0155. The number of alkyl halides is 4. The monoisotopic (exact) mass is 332 g/mol. The molecule has 0 radical (unpaired) electrons. The van der Waals surface area contributed by atoms with Gasteiger partial charge in [0.2, 0.25) is 0 Å². The molecule has 8 atom stereocenters. The van der Waals surface area contributed by atoms with E-state index in [4.69, 9.17) is 57.9 Å². The lowest BCUT2D eigenvalue weighted by molar-refractivity contribution is 0.191. The molecule has 0 aromatic rings. The third-order valence-electron chi connectivity index (χ3n) is 4.40. The van der Waals surface area contributed by atoms with E-state index in [1.807, 2.05) is 0 Å². The fourth-order valence-electron chi connectivity index (χ4n) is 3.22. The van der Waals surface area contributed by atoms with Gasteiger partial charge in [0.15, 0.2) is 0 Å². The average Bonchev–Trinajstić information content (AvgIpc) is 2.29. The lowest BCUT2D eigenvalue weighted by Crippen LogP contribution is -2.50. The molecule has 2 aliphatic carbocycles. The second kappa shape index (κ2) is 6.24. The van der Waals surface area contributed by atoms with Gasteiger partial charge in [0, 0.05) is 33.6 Å². The van der Waals surface area contributed by atoms with Crippen LogP contribution < -0.4 is 11.5 Å². The van der Waals surface area contributed by atoms with Gasteiger partial charge >= 0.3 is 0 Å². The van der Waals surface area contributed by atoms with E-state index >= 15 is 0 Å². The van der Waals surface area contributed by atoms with Crippen molar-refractivity contribution in [3.8, 4) is 0 Å². The highest BCUT2D eigenvalue weighted by Gasteiger charge is 2.44. The van der Waals surface area contributed by atoms with Crippen LogP contribution in [0.3, 0.4) is 0 Å². The number of rotatable bonds is 1. The van der Waals surface area contributed by atoms with Gasteiger partial charge in [0.05, 0.1) is 0 Å². The number of nitrogens with two attached hydrogens (primary N) is 2. The van der Waals surface area contributed by atoms with Gasteiger partial charge in [-0.3, -0.25) is 0 Å². The fourth-order valence-corrected chi connectivity index (χ4v) is 4.82. The van der Waals surface area contributed by atoms with Crippen LogP contribution in [0.4, 0.5) is 0 Å². The van der Waals surface area contributed by atoms with Gasteiger partial charge in [-0.2, -0.15) is 0 Å². The Kier molecular flexibility index (Phi) is 5.36. The number of hydrogen-bond donors (Lipinski definition) is 2. The first-order valence-electron chi connectivity index (χ1n) is 6.47. The lowest BCUT2D eigenvalue weighted by Gasteiger charge is -2.44. The van der Waals surface area contributed by atoms with Crippen molar-refractivity contribution in [2.75, 3.05) is 0 Å². The minimum Gasteiger partial charge on any atom is -0.326 e. The van der Waals surface area contributed by atoms with Crippen LogP contribution >= 0.6 is 46.4 Å². The maximum Gasteiger partial charge on any atom is 0.0490 e. The molecule has 4 N–H and O–H groups in total. The van der Waals surface area contributed by atoms with E-state index in [1.165, 1.54) is 0 Å². The fraction of sp³-hybridized carbons (Fsp3) is 1.00. The molecule has 0 aliphatic heterocycles. The van der Waals surface area contributed by atoms with E-state index in [0.717, 1.165) is 25.7 Å². The van der Waals surface area contributed by atoms with Crippen LogP contribution in [-0.2, 0) is 0 Å². The molecule has 2 rings (SSSR count). The van der Waals surface area contributed by atoms with Crippen LogP contribution in [0.25, 0.3) is 0 Å². The van der Waals surface area contributed by atoms with E-state index in [1.54, 1.807) is 0 Å². The summed E-state index contributed by atoms with van der Waals surface area (Å²) >= 11 is 25.5. The Bertz CT molecular complexity index is 263. The maximum atomic E-state index is 6.45. The molecule has 106 valence electrons. The zero-order valence-electron chi connectivity index (χ0n) is 10.1. The highest BCUT2D eigenvalue weighted by atomic mass is 35.5. The Balaban J connectivity index is 2.06. The van der Waals surface area contributed by atoms with Crippen LogP contribution in [0.15, 0.2) is 0 Å². The Morgan fingerprint density at radius 3 is 1.22 bits per heavy atom. The molecule has 2 nitrogen and oxygen atoms in total. The van der Waals surface area contributed by atoms with Crippen LogP contribution in [0.2, 0.25) is 0 Å². The largest absolute Gasteiger partial charge is 0.326 e. The maximum absolute atomic E-state index is 6.45. The lowest BCUT2D eigenvalue weighted by atomic mass is 9.71. The summed E-state index contributed by atoms with van der Waals surface area (Å²) in [6.07, 6.45) is 3.15. The first-order valence-corrected chi connectivity index (χ1v) is 8.22. The first-order chi connectivity index (χ1) is 8.40. The first kappa shape index (κ1) is 15.5. The molecule has 0 bridgehead atoms. The molecule has 0 aromatic heterocycles. The molecule has 8 unspecified atom stereocenters. The highest BCUT2D eigenvalue weighted by molar-refractivity contribution is 6.24. The highest BCUT2D eigenvalue weighted by Crippen LogP contribution is 2.44. The smallest absolute Gasteiger partial charge is 0.0490 e. The van der Waals surface area contributed by atoms with Crippen molar-refractivity contribution in [1.29, 1.82) is 0 Å². The Hall–Kier alpha value is 1.08. The molecule has 0 heterocycles. The Morgan fingerprint density at radius 2 is 0.889 bits per heavy atom. The van der Waals surface area contributed by atoms with Crippen LogP contribution in [0, 0.1) is 11.8 Å². The third kappa shape index (κ3) is 3.21. The standard InChI is InChI=1S/C12H20Cl4N2/c13-7-3-11(17)9(15)1-5(7)6-2-10(16)12(18)4-8(6)14/h5-12H,1-4,17-18H2. The molecule has 0 aromatic carbocycles. The second-order valence-electron chi connectivity index (χ2n) is 5.66. The van der Waals surface area contributed by atoms with Crippen molar-refractivity contribution in [3.05, 3.63) is 0 Å². The molecule has 2 aliphatic rings. The molecule has 6 heteroatoms. The van der Waals surface area contributed by atoms with Gasteiger partial charge in [-0.15, -0.1) is 46.4 Å². The predicted octanol–water partition coefficient (Wildman–Crippen LogP) is 2.89. The topological polar surface area (TPSA) is 52.0 Å². The van der Waals surface area contributed by atoms with Crippen molar-refractivity contribution >= 4 is 46.4 Å². The van der Waals surface area contributed by atoms with E-state index < -0.39 is 0 Å². The summed E-state index contributed by atoms with van der Waals surface area (Å²) in [5.74, 6) is 0.593. The summed E-state index contributed by atoms with van der Waals surface area (Å²) in [5.41, 5.74) is 11.9. The van der Waals surface area contributed by atoms with Crippen LogP contribution in [0.5, 0.6) is 0 Å². The van der Waals surface area contributed by atoms with Crippen molar-refractivity contribution in [1.82, 2.24) is 0 Å². The quantitative estimate of drug-likeness (QED) is 0.725. The SMILES string of the molecule is NC1CC(Cl)C(C2CC(Cl)C(N)CC2Cl)CC1Cl. The number of hydrogen-bond acceptors (Lipinski definition) is 2. The third-order valence-corrected chi connectivity index (χ3v) is 6.40. The summed E-state index contributed by atoms with van der Waals surface area (Å²) in [6.45, 7) is 0. The van der Waals surface area contributed by atoms with E-state index in [0.29, 0.717) is 11.8 Å². The summed E-state index contributed by atoms with van der Waals surface area (Å²) in [4.78, 5) is 0. The normalized spacial score (nSPS) is 54.3. The van der Waals surface area contributed by atoms with E-state index in [2.05, 4.69) is 0 Å². The van der Waals surface area contributed by atoms with E-state index in [9.17, 15) is 0 Å². The predicted molar refractivity (Wildman–Crippen MR) is 80.0 cm³/mol. The Labute approximate surface area is 129 Å². The van der Waals surface area contributed by atoms with Crippen molar-refractivity contribution in [2.24, 2.45) is 23.3 Å². The van der Waals surface area contributed by atoms with Gasteiger partial charge in [0.25, 0.3) is 0 Å². The molecule has 0 amide bonds. The van der Waals surface area contributed by atoms with Crippen molar-refractivity contribution in [3.63, 3.8) is 0 Å². The van der Waals surface area contributed by atoms with Crippen molar-refractivity contribution in [2.45, 2.75) is 59.3 Å². The molecular formula is C12H20Cl4N2. The average molecular weight is 334 g/mol. The van der Waals surface area contributed by atoms with Gasteiger partial charge in [-0.25, -0.2) is 0 Å². The summed E-state index contributed by atoms with van der Waals surface area (Å²) in [6, 6.07) is -0.0336. The van der Waals surface area contributed by atoms with Crippen LogP contribution in [0.1, 0.15) is 25.7 Å². The summed E-state index contributed by atoms with van der Waals surface area (Å²) < 4.78 is 0. The van der Waals surface area contributed by atoms with Gasteiger partial charge in [0.1, 0.15) is 0 Å². The van der Waals surface area contributed by atoms with Crippen LogP contribution in [-0.4, -0.2) is 33.6 Å². The molecule has 18 heavy (non-hydrogen) atoms. The molecule has 0 saturated heterocycles. The van der Waals surface area contributed by atoms with Gasteiger partial charge in [-0.05, 0) is 37.5 Å². The summed E-state index contributed by atoms with van der Waals surface area (Å²) in [7, 11) is 0. The number of halogens is 4. The Morgan fingerprint density at radius 1 is 0.556 bits per heavy atom. The second-order valence-corrected chi connectivity index (χ2v) is 7.90. The van der Waals surface area contributed by atoms with Gasteiger partial charge < -0.3 is 11.5 Å².